The third-order valence-corrected chi connectivity index (χ3v) is 3.36. The lowest BCUT2D eigenvalue weighted by molar-refractivity contribution is 0.102. The number of anilines is 2. The van der Waals surface area contributed by atoms with Crippen molar-refractivity contribution in [2.45, 2.75) is 6.92 Å². The smallest absolute Gasteiger partial charge is 0.259 e. The van der Waals surface area contributed by atoms with Gasteiger partial charge in [-0.1, -0.05) is 11.6 Å². The fourth-order valence-corrected chi connectivity index (χ4v) is 2.14. The second kappa shape index (κ2) is 6.87. The zero-order chi connectivity index (χ0) is 15.4. The summed E-state index contributed by atoms with van der Waals surface area (Å²) in [5.41, 5.74) is 0.686. The van der Waals surface area contributed by atoms with E-state index < -0.39 is 5.82 Å². The number of hydrogen-bond donors (Lipinski definition) is 2. The van der Waals surface area contributed by atoms with Gasteiger partial charge in [-0.15, -0.1) is 0 Å². The molecule has 0 fully saturated rings. The number of nitrogens with one attached hydrogen (secondary N) is 2. The summed E-state index contributed by atoms with van der Waals surface area (Å²) in [7, 11) is 0. The van der Waals surface area contributed by atoms with E-state index >= 15 is 0 Å². The van der Waals surface area contributed by atoms with Crippen LogP contribution < -0.4 is 10.6 Å². The van der Waals surface area contributed by atoms with E-state index in [1.165, 1.54) is 18.2 Å². The maximum atomic E-state index is 13.4. The van der Waals surface area contributed by atoms with Crippen LogP contribution in [0.25, 0.3) is 0 Å². The van der Waals surface area contributed by atoms with Gasteiger partial charge in [0.2, 0.25) is 0 Å². The van der Waals surface area contributed by atoms with Gasteiger partial charge in [0, 0.05) is 22.9 Å². The fourth-order valence-electron chi connectivity index (χ4n) is 1.69. The molecule has 0 aliphatic heterocycles. The van der Waals surface area contributed by atoms with Gasteiger partial charge in [0.1, 0.15) is 11.6 Å². The van der Waals surface area contributed by atoms with Gasteiger partial charge in [-0.25, -0.2) is 9.37 Å². The van der Waals surface area contributed by atoms with Crippen molar-refractivity contribution in [2.24, 2.45) is 0 Å². The number of benzene rings is 1. The van der Waals surface area contributed by atoms with Crippen LogP contribution in [0.4, 0.5) is 15.9 Å². The summed E-state index contributed by atoms with van der Waals surface area (Å²) in [4.78, 5) is 16.4. The molecular formula is C14H12BrClFN3O. The van der Waals surface area contributed by atoms with Gasteiger partial charge in [-0.05, 0) is 47.1 Å². The number of pyridine rings is 1. The molecule has 0 atom stereocenters. The summed E-state index contributed by atoms with van der Waals surface area (Å²) < 4.78 is 14.1. The molecular weight excluding hydrogens is 361 g/mol. The molecule has 4 nitrogen and oxygen atoms in total. The summed E-state index contributed by atoms with van der Waals surface area (Å²) >= 11 is 8.88. The van der Waals surface area contributed by atoms with Crippen LogP contribution in [0.3, 0.4) is 0 Å². The van der Waals surface area contributed by atoms with Gasteiger partial charge in [0.05, 0.1) is 10.6 Å². The van der Waals surface area contributed by atoms with Crippen LogP contribution in [-0.4, -0.2) is 17.4 Å². The molecule has 0 spiro atoms. The lowest BCUT2D eigenvalue weighted by Crippen LogP contribution is -2.16. The van der Waals surface area contributed by atoms with Crippen LogP contribution in [0.2, 0.25) is 5.02 Å². The minimum Gasteiger partial charge on any atom is -0.370 e. The summed E-state index contributed by atoms with van der Waals surface area (Å²) in [5.74, 6) is -0.511. The van der Waals surface area contributed by atoms with E-state index in [0.717, 1.165) is 0 Å². The minimum absolute atomic E-state index is 0.00506. The van der Waals surface area contributed by atoms with Crippen LogP contribution in [0.5, 0.6) is 0 Å². The topological polar surface area (TPSA) is 54.0 Å². The van der Waals surface area contributed by atoms with E-state index in [-0.39, 0.29) is 10.9 Å². The summed E-state index contributed by atoms with van der Waals surface area (Å²) in [6, 6.07) is 5.73. The molecule has 0 saturated heterocycles. The van der Waals surface area contributed by atoms with E-state index in [2.05, 4.69) is 31.5 Å². The first-order valence-corrected chi connectivity index (χ1v) is 7.34. The summed E-state index contributed by atoms with van der Waals surface area (Å²) in [6.07, 6.45) is 1.59. The van der Waals surface area contributed by atoms with E-state index in [4.69, 9.17) is 11.6 Å². The SMILES string of the molecule is CCNc1ncc(Br)cc1C(=O)Nc1ccc(Cl)c(F)c1. The molecule has 21 heavy (non-hydrogen) atoms. The average Bonchev–Trinajstić information content (AvgIpc) is 2.45. The zero-order valence-corrected chi connectivity index (χ0v) is 13.4. The molecule has 2 N–H and O–H groups in total. The number of amides is 1. The molecule has 7 heteroatoms. The molecule has 0 unspecified atom stereocenters. The maximum absolute atomic E-state index is 13.4. The van der Waals surface area contributed by atoms with Gasteiger partial charge in [-0.2, -0.15) is 0 Å². The van der Waals surface area contributed by atoms with Gasteiger partial charge in [-0.3, -0.25) is 4.79 Å². The Morgan fingerprint density at radius 1 is 1.43 bits per heavy atom. The molecule has 110 valence electrons. The minimum atomic E-state index is -0.589. The van der Waals surface area contributed by atoms with Crippen LogP contribution in [0.1, 0.15) is 17.3 Å². The van der Waals surface area contributed by atoms with Gasteiger partial charge in [0.25, 0.3) is 5.91 Å². The summed E-state index contributed by atoms with van der Waals surface area (Å²) in [5, 5.41) is 5.62. The Morgan fingerprint density at radius 3 is 2.86 bits per heavy atom. The molecule has 1 heterocycles. The van der Waals surface area contributed by atoms with Crippen molar-refractivity contribution in [3.63, 3.8) is 0 Å². The molecule has 0 saturated carbocycles. The first kappa shape index (κ1) is 15.7. The monoisotopic (exact) mass is 371 g/mol. The number of carbonyl (C=O) groups excluding carboxylic acids is 1. The van der Waals surface area contributed by atoms with Crippen molar-refractivity contribution >= 4 is 44.9 Å². The second-order valence-corrected chi connectivity index (χ2v) is 5.49. The predicted molar refractivity (Wildman–Crippen MR) is 85.5 cm³/mol. The quantitative estimate of drug-likeness (QED) is 0.840. The molecule has 1 aromatic carbocycles. The number of rotatable bonds is 4. The third kappa shape index (κ3) is 3.92. The third-order valence-electron chi connectivity index (χ3n) is 2.62. The Labute approximate surface area is 134 Å². The van der Waals surface area contributed by atoms with E-state index in [1.807, 2.05) is 6.92 Å². The summed E-state index contributed by atoms with van der Waals surface area (Å²) in [6.45, 7) is 2.53. The molecule has 2 aromatic rings. The van der Waals surface area contributed by atoms with Crippen molar-refractivity contribution in [2.75, 3.05) is 17.2 Å². The first-order valence-electron chi connectivity index (χ1n) is 6.17. The van der Waals surface area contributed by atoms with Gasteiger partial charge >= 0.3 is 0 Å². The molecule has 0 radical (unpaired) electrons. The Balaban J connectivity index is 2.27. The number of halogens is 3. The van der Waals surface area contributed by atoms with Crippen LogP contribution in [0, 0.1) is 5.82 Å². The maximum Gasteiger partial charge on any atom is 0.259 e. The molecule has 1 aromatic heterocycles. The normalized spacial score (nSPS) is 10.3. The average molecular weight is 373 g/mol. The number of carbonyl (C=O) groups is 1. The predicted octanol–water partition coefficient (Wildman–Crippen LogP) is 4.32. The molecule has 0 aliphatic rings. The van der Waals surface area contributed by atoms with Crippen LogP contribution in [0.15, 0.2) is 34.9 Å². The van der Waals surface area contributed by atoms with Gasteiger partial charge in [0.15, 0.2) is 0 Å². The van der Waals surface area contributed by atoms with Crippen molar-refractivity contribution in [1.82, 2.24) is 4.98 Å². The lowest BCUT2D eigenvalue weighted by atomic mass is 10.2. The Morgan fingerprint density at radius 2 is 2.19 bits per heavy atom. The van der Waals surface area contributed by atoms with Crippen LogP contribution in [-0.2, 0) is 0 Å². The highest BCUT2D eigenvalue weighted by Gasteiger charge is 2.14. The zero-order valence-electron chi connectivity index (χ0n) is 11.1. The molecule has 1 amide bonds. The molecule has 0 bridgehead atoms. The second-order valence-electron chi connectivity index (χ2n) is 4.16. The number of nitrogens with zero attached hydrogens (tertiary/aromatic N) is 1. The Kier molecular flexibility index (Phi) is 5.14. The largest absolute Gasteiger partial charge is 0.370 e. The van der Waals surface area contributed by atoms with E-state index in [9.17, 15) is 9.18 Å². The van der Waals surface area contributed by atoms with Crippen molar-refractivity contribution in [3.8, 4) is 0 Å². The highest BCUT2D eigenvalue weighted by molar-refractivity contribution is 9.10. The van der Waals surface area contributed by atoms with Gasteiger partial charge < -0.3 is 10.6 Å². The van der Waals surface area contributed by atoms with Crippen LogP contribution >= 0.6 is 27.5 Å². The van der Waals surface area contributed by atoms with Crippen molar-refractivity contribution in [3.05, 3.63) is 51.3 Å². The highest BCUT2D eigenvalue weighted by atomic mass is 79.9. The van der Waals surface area contributed by atoms with Crippen molar-refractivity contribution in [1.29, 1.82) is 0 Å². The number of hydrogen-bond acceptors (Lipinski definition) is 3. The Hall–Kier alpha value is -1.66. The lowest BCUT2D eigenvalue weighted by Gasteiger charge is -2.11. The standard InChI is InChI=1S/C14H12BrClFN3O/c1-2-18-13-10(5-8(15)7-19-13)14(21)20-9-3-4-11(16)12(17)6-9/h3-7H,2H2,1H3,(H,18,19)(H,20,21). The first-order chi connectivity index (χ1) is 10.0. The fraction of sp³-hybridized carbons (Fsp3) is 0.143. The van der Waals surface area contributed by atoms with E-state index in [1.54, 1.807) is 12.3 Å². The van der Waals surface area contributed by atoms with Crippen molar-refractivity contribution < 1.29 is 9.18 Å². The highest BCUT2D eigenvalue weighted by Crippen LogP contribution is 2.22. The molecule has 0 aliphatic carbocycles. The molecule has 2 rings (SSSR count). The number of aromatic nitrogens is 1. The van der Waals surface area contributed by atoms with E-state index in [0.29, 0.717) is 28.1 Å². The Bertz CT molecular complexity index is 681.